The Kier molecular flexibility index (Phi) is 3.41. The number of rotatable bonds is 3. The van der Waals surface area contributed by atoms with Gasteiger partial charge in [-0.05, 0) is 19.9 Å². The van der Waals surface area contributed by atoms with Gasteiger partial charge in [0.1, 0.15) is 11.6 Å². The Bertz CT molecular complexity index is 434. The summed E-state index contributed by atoms with van der Waals surface area (Å²) < 4.78 is 0. The van der Waals surface area contributed by atoms with E-state index in [1.807, 2.05) is 17.8 Å². The first kappa shape index (κ1) is 12.2. The van der Waals surface area contributed by atoms with Crippen molar-refractivity contribution in [2.75, 3.05) is 30.5 Å². The highest BCUT2D eigenvalue weighted by Gasteiger charge is 2.29. The second kappa shape index (κ2) is 5.03. The largest absolute Gasteiger partial charge is 0.308 e. The summed E-state index contributed by atoms with van der Waals surface area (Å²) in [5.41, 5.74) is 3.82. The number of nitrogens with one attached hydrogen (secondary N) is 1. The maximum atomic E-state index is 5.51. The molecule has 1 aliphatic carbocycles. The molecule has 1 aromatic rings. The van der Waals surface area contributed by atoms with Crippen LogP contribution in [0.4, 0.5) is 5.82 Å². The van der Waals surface area contributed by atoms with E-state index < -0.39 is 0 Å². The number of nitrogens with zero attached hydrogens (tertiary/aromatic N) is 3. The number of nitrogens with two attached hydrogens (primary N) is 1. The van der Waals surface area contributed by atoms with Crippen molar-refractivity contribution in [2.24, 2.45) is 5.84 Å². The lowest BCUT2D eigenvalue weighted by Gasteiger charge is -2.31. The van der Waals surface area contributed by atoms with E-state index in [0.717, 1.165) is 29.6 Å². The third-order valence-corrected chi connectivity index (χ3v) is 4.62. The zero-order chi connectivity index (χ0) is 12.5. The molecule has 6 heteroatoms. The van der Waals surface area contributed by atoms with Gasteiger partial charge in [-0.15, -0.1) is 0 Å². The second-order valence-corrected chi connectivity index (χ2v) is 6.18. The van der Waals surface area contributed by atoms with Gasteiger partial charge in [-0.1, -0.05) is 0 Å². The van der Waals surface area contributed by atoms with Crippen molar-refractivity contribution >= 4 is 17.6 Å². The highest BCUT2D eigenvalue weighted by atomic mass is 32.2. The molecule has 3 rings (SSSR count). The van der Waals surface area contributed by atoms with Crippen molar-refractivity contribution in [3.8, 4) is 0 Å². The molecule has 1 saturated heterocycles. The summed E-state index contributed by atoms with van der Waals surface area (Å²) in [5, 5.41) is 0. The number of hydrogen-bond donors (Lipinski definition) is 2. The molecule has 1 aromatic heterocycles. The normalized spacial score (nSPS) is 25.1. The topological polar surface area (TPSA) is 67.1 Å². The van der Waals surface area contributed by atoms with Crippen LogP contribution in [0, 0.1) is 0 Å². The Balaban J connectivity index is 1.91. The number of hydrazine groups is 1. The van der Waals surface area contributed by atoms with Crippen molar-refractivity contribution < 1.29 is 0 Å². The van der Waals surface area contributed by atoms with Crippen LogP contribution in [0.1, 0.15) is 36.3 Å². The molecule has 3 N–H and O–H groups in total. The van der Waals surface area contributed by atoms with Crippen LogP contribution in [-0.4, -0.2) is 40.0 Å². The molecule has 1 unspecified atom stereocenters. The minimum atomic E-state index is 0.314. The van der Waals surface area contributed by atoms with Crippen LogP contribution in [-0.2, 0) is 0 Å². The standard InChI is InChI=1S/C12H19N5S/c1-17-4-5-18-7-10(17)12-14-9(8-2-3-8)6-11(15-12)16-13/h6,8,10H,2-5,7,13H2,1H3,(H,14,15,16). The van der Waals surface area contributed by atoms with E-state index in [1.54, 1.807) is 0 Å². The summed E-state index contributed by atoms with van der Waals surface area (Å²) in [4.78, 5) is 11.6. The van der Waals surface area contributed by atoms with Crippen LogP contribution >= 0.6 is 11.8 Å². The Hall–Kier alpha value is -0.850. The van der Waals surface area contributed by atoms with Gasteiger partial charge >= 0.3 is 0 Å². The first-order valence-electron chi connectivity index (χ1n) is 6.41. The fourth-order valence-electron chi connectivity index (χ4n) is 2.25. The predicted molar refractivity (Wildman–Crippen MR) is 74.5 cm³/mol. The van der Waals surface area contributed by atoms with E-state index in [9.17, 15) is 0 Å². The van der Waals surface area contributed by atoms with Crippen LogP contribution in [0.25, 0.3) is 0 Å². The molecule has 18 heavy (non-hydrogen) atoms. The summed E-state index contributed by atoms with van der Waals surface area (Å²) in [7, 11) is 2.15. The van der Waals surface area contributed by atoms with E-state index in [1.165, 1.54) is 18.6 Å². The molecule has 1 atom stereocenters. The molecular weight excluding hydrogens is 246 g/mol. The highest BCUT2D eigenvalue weighted by molar-refractivity contribution is 7.99. The van der Waals surface area contributed by atoms with E-state index >= 15 is 0 Å². The Morgan fingerprint density at radius 3 is 2.94 bits per heavy atom. The molecule has 0 spiro atoms. The van der Waals surface area contributed by atoms with Gasteiger partial charge < -0.3 is 5.43 Å². The molecule has 5 nitrogen and oxygen atoms in total. The van der Waals surface area contributed by atoms with Gasteiger partial charge in [-0.2, -0.15) is 11.8 Å². The molecule has 0 amide bonds. The third kappa shape index (κ3) is 2.46. The number of thioether (sulfide) groups is 1. The number of aromatic nitrogens is 2. The fraction of sp³-hybridized carbons (Fsp3) is 0.667. The quantitative estimate of drug-likeness (QED) is 0.635. The van der Waals surface area contributed by atoms with Gasteiger partial charge in [-0.25, -0.2) is 15.8 Å². The minimum Gasteiger partial charge on any atom is -0.308 e. The van der Waals surface area contributed by atoms with Gasteiger partial charge in [0.05, 0.1) is 6.04 Å². The average Bonchev–Trinajstić information content (AvgIpc) is 3.23. The summed E-state index contributed by atoms with van der Waals surface area (Å²) in [6.07, 6.45) is 2.49. The molecule has 2 heterocycles. The molecule has 98 valence electrons. The first-order chi connectivity index (χ1) is 8.78. The Labute approximate surface area is 112 Å². The summed E-state index contributed by atoms with van der Waals surface area (Å²) in [5.74, 6) is 10.1. The van der Waals surface area contributed by atoms with Crippen molar-refractivity contribution in [3.05, 3.63) is 17.6 Å². The lowest BCUT2D eigenvalue weighted by Crippen LogP contribution is -2.34. The maximum Gasteiger partial charge on any atom is 0.149 e. The predicted octanol–water partition coefficient (Wildman–Crippen LogP) is 1.36. The van der Waals surface area contributed by atoms with Crippen molar-refractivity contribution in [1.29, 1.82) is 0 Å². The van der Waals surface area contributed by atoms with Crippen molar-refractivity contribution in [3.63, 3.8) is 0 Å². The third-order valence-electron chi connectivity index (χ3n) is 3.60. The summed E-state index contributed by atoms with van der Waals surface area (Å²) in [6.45, 7) is 1.09. The summed E-state index contributed by atoms with van der Waals surface area (Å²) in [6, 6.07) is 2.30. The van der Waals surface area contributed by atoms with Crippen LogP contribution in [0.5, 0.6) is 0 Å². The summed E-state index contributed by atoms with van der Waals surface area (Å²) >= 11 is 1.97. The van der Waals surface area contributed by atoms with Crippen LogP contribution in [0.3, 0.4) is 0 Å². The molecule has 2 aliphatic rings. The monoisotopic (exact) mass is 265 g/mol. The molecular formula is C12H19N5S. The van der Waals surface area contributed by atoms with Gasteiger partial charge in [0, 0.05) is 35.7 Å². The Morgan fingerprint density at radius 1 is 1.44 bits per heavy atom. The van der Waals surface area contributed by atoms with Crippen LogP contribution < -0.4 is 11.3 Å². The molecule has 1 aliphatic heterocycles. The van der Waals surface area contributed by atoms with Gasteiger partial charge in [0.15, 0.2) is 0 Å². The smallest absolute Gasteiger partial charge is 0.149 e. The van der Waals surface area contributed by atoms with E-state index in [4.69, 9.17) is 10.8 Å². The van der Waals surface area contributed by atoms with E-state index in [-0.39, 0.29) is 0 Å². The minimum absolute atomic E-state index is 0.314. The van der Waals surface area contributed by atoms with E-state index in [2.05, 4.69) is 22.4 Å². The molecule has 0 radical (unpaired) electrons. The van der Waals surface area contributed by atoms with Crippen molar-refractivity contribution in [2.45, 2.75) is 24.8 Å². The van der Waals surface area contributed by atoms with Gasteiger partial charge in [-0.3, -0.25) is 4.90 Å². The highest BCUT2D eigenvalue weighted by Crippen LogP contribution is 2.40. The van der Waals surface area contributed by atoms with Crippen LogP contribution in [0.15, 0.2) is 6.07 Å². The Morgan fingerprint density at radius 2 is 2.28 bits per heavy atom. The van der Waals surface area contributed by atoms with Gasteiger partial charge in [0.2, 0.25) is 0 Å². The number of nitrogen functional groups attached to an aromatic ring is 1. The van der Waals surface area contributed by atoms with Gasteiger partial charge in [0.25, 0.3) is 0 Å². The molecule has 1 saturated carbocycles. The number of hydrogen-bond acceptors (Lipinski definition) is 6. The molecule has 2 fully saturated rings. The zero-order valence-electron chi connectivity index (χ0n) is 10.6. The molecule has 0 aromatic carbocycles. The first-order valence-corrected chi connectivity index (χ1v) is 7.57. The fourth-order valence-corrected chi connectivity index (χ4v) is 3.47. The lowest BCUT2D eigenvalue weighted by atomic mass is 10.2. The van der Waals surface area contributed by atoms with Crippen LogP contribution in [0.2, 0.25) is 0 Å². The number of anilines is 1. The SMILES string of the molecule is CN1CCSCC1c1nc(NN)cc(C2CC2)n1. The average molecular weight is 265 g/mol. The van der Waals surface area contributed by atoms with E-state index in [0.29, 0.717) is 12.0 Å². The van der Waals surface area contributed by atoms with Crippen molar-refractivity contribution in [1.82, 2.24) is 14.9 Å². The zero-order valence-corrected chi connectivity index (χ0v) is 11.4. The lowest BCUT2D eigenvalue weighted by molar-refractivity contribution is 0.264. The maximum absolute atomic E-state index is 5.51. The second-order valence-electron chi connectivity index (χ2n) is 5.03. The molecule has 0 bridgehead atoms.